The molecule has 0 saturated carbocycles. The van der Waals surface area contributed by atoms with E-state index in [-0.39, 0.29) is 0 Å². The van der Waals surface area contributed by atoms with Crippen molar-refractivity contribution in [1.82, 2.24) is 9.88 Å². The van der Waals surface area contributed by atoms with E-state index in [2.05, 4.69) is 30.7 Å². The maximum Gasteiger partial charge on any atom is 0.356 e. The number of ether oxygens (including phenoxy) is 1. The summed E-state index contributed by atoms with van der Waals surface area (Å²) in [5.74, 6) is -0.424. The number of fused-ring (bicyclic) bond motifs is 1. The molecule has 118 valence electrons. The van der Waals surface area contributed by atoms with E-state index < -0.39 is 5.97 Å². The number of esters is 1. The van der Waals surface area contributed by atoms with E-state index in [4.69, 9.17) is 4.74 Å². The predicted octanol–water partition coefficient (Wildman–Crippen LogP) is 2.78. The average Bonchev–Trinajstić information content (AvgIpc) is 2.50. The van der Waals surface area contributed by atoms with Gasteiger partial charge in [0.25, 0.3) is 0 Å². The van der Waals surface area contributed by atoms with Crippen LogP contribution >= 0.6 is 15.9 Å². The molecule has 0 spiro atoms. The van der Waals surface area contributed by atoms with Gasteiger partial charge in [-0.05, 0) is 38.4 Å². The normalized spacial score (nSPS) is 11.0. The number of methoxy groups -OCH3 is 1. The zero-order valence-corrected chi connectivity index (χ0v) is 14.8. The summed E-state index contributed by atoms with van der Waals surface area (Å²) in [5.41, 5.74) is 2.07. The van der Waals surface area contributed by atoms with Crippen molar-refractivity contribution in [3.63, 3.8) is 0 Å². The van der Waals surface area contributed by atoms with Gasteiger partial charge in [0.2, 0.25) is 0 Å². The quantitative estimate of drug-likeness (QED) is 0.762. The Morgan fingerprint density at radius 2 is 1.95 bits per heavy atom. The van der Waals surface area contributed by atoms with Crippen molar-refractivity contribution < 1.29 is 9.53 Å². The van der Waals surface area contributed by atoms with Gasteiger partial charge in [-0.3, -0.25) is 0 Å². The first-order valence-electron chi connectivity index (χ1n) is 6.97. The lowest BCUT2D eigenvalue weighted by molar-refractivity contribution is 0.0594. The van der Waals surface area contributed by atoms with Crippen LogP contribution in [-0.4, -0.2) is 57.2 Å². The minimum atomic E-state index is -0.424. The van der Waals surface area contributed by atoms with Crippen LogP contribution in [0.15, 0.2) is 28.7 Å². The zero-order chi connectivity index (χ0) is 16.3. The van der Waals surface area contributed by atoms with Crippen LogP contribution in [0.5, 0.6) is 0 Å². The van der Waals surface area contributed by atoms with Crippen molar-refractivity contribution in [2.75, 3.05) is 46.2 Å². The summed E-state index contributed by atoms with van der Waals surface area (Å²) in [6, 6.07) is 7.62. The van der Waals surface area contributed by atoms with Crippen molar-refractivity contribution in [1.29, 1.82) is 0 Å². The highest BCUT2D eigenvalue weighted by atomic mass is 79.9. The molecule has 0 aliphatic carbocycles. The number of nitrogens with zero attached hydrogens (tertiary/aromatic N) is 3. The first-order chi connectivity index (χ1) is 10.4. The van der Waals surface area contributed by atoms with Crippen molar-refractivity contribution in [3.05, 3.63) is 34.4 Å². The van der Waals surface area contributed by atoms with Crippen LogP contribution in [0.25, 0.3) is 10.9 Å². The third-order valence-electron chi connectivity index (χ3n) is 3.44. The number of halogens is 1. The molecule has 0 saturated heterocycles. The summed E-state index contributed by atoms with van der Waals surface area (Å²) in [6.45, 7) is 1.76. The minimum absolute atomic E-state index is 0.323. The molecule has 6 heteroatoms. The Bertz CT molecular complexity index is 688. The number of hydrogen-bond donors (Lipinski definition) is 0. The van der Waals surface area contributed by atoms with Gasteiger partial charge >= 0.3 is 5.97 Å². The maximum atomic E-state index is 11.8. The molecular formula is C16H20BrN3O2. The van der Waals surface area contributed by atoms with Gasteiger partial charge in [0, 0.05) is 35.7 Å². The van der Waals surface area contributed by atoms with Crippen LogP contribution in [-0.2, 0) is 4.74 Å². The topological polar surface area (TPSA) is 45.7 Å². The van der Waals surface area contributed by atoms with Gasteiger partial charge in [-0.2, -0.15) is 0 Å². The number of aromatic nitrogens is 1. The molecular weight excluding hydrogens is 346 g/mol. The van der Waals surface area contributed by atoms with Crippen LogP contribution < -0.4 is 4.90 Å². The van der Waals surface area contributed by atoms with Crippen LogP contribution in [0.1, 0.15) is 10.5 Å². The van der Waals surface area contributed by atoms with Crippen LogP contribution in [0, 0.1) is 0 Å². The van der Waals surface area contributed by atoms with Crippen LogP contribution in [0.4, 0.5) is 5.69 Å². The molecule has 0 amide bonds. The molecule has 0 aliphatic heterocycles. The van der Waals surface area contributed by atoms with Gasteiger partial charge in [-0.1, -0.05) is 15.9 Å². The molecule has 2 aromatic rings. The second kappa shape index (κ2) is 7.07. The molecule has 0 N–H and O–H groups in total. The average molecular weight is 366 g/mol. The van der Waals surface area contributed by atoms with Crippen molar-refractivity contribution in [2.24, 2.45) is 0 Å². The third-order valence-corrected chi connectivity index (χ3v) is 3.93. The molecule has 1 aromatic carbocycles. The maximum absolute atomic E-state index is 11.8. The van der Waals surface area contributed by atoms with Gasteiger partial charge in [0.1, 0.15) is 0 Å². The smallest absolute Gasteiger partial charge is 0.356 e. The molecule has 0 atom stereocenters. The SMILES string of the molecule is COC(=O)c1cc(N(C)CCN(C)C)c2cc(Br)ccc2n1. The Kier molecular flexibility index (Phi) is 5.37. The summed E-state index contributed by atoms with van der Waals surface area (Å²) >= 11 is 3.49. The first kappa shape index (κ1) is 16.7. The van der Waals surface area contributed by atoms with Crippen LogP contribution in [0.3, 0.4) is 0 Å². The fraction of sp³-hybridized carbons (Fsp3) is 0.375. The Labute approximate surface area is 139 Å². The predicted molar refractivity (Wildman–Crippen MR) is 92.6 cm³/mol. The fourth-order valence-electron chi connectivity index (χ4n) is 2.18. The number of carbonyl (C=O) groups excluding carboxylic acids is 1. The molecule has 0 aliphatic rings. The van der Waals surface area contributed by atoms with Gasteiger partial charge in [0.15, 0.2) is 5.69 Å². The number of anilines is 1. The number of likely N-dealkylation sites (N-methyl/N-ethyl adjacent to an activating group) is 2. The second-order valence-electron chi connectivity index (χ2n) is 5.40. The van der Waals surface area contributed by atoms with E-state index in [1.165, 1.54) is 7.11 Å². The molecule has 0 bridgehead atoms. The Morgan fingerprint density at radius 1 is 1.23 bits per heavy atom. The van der Waals surface area contributed by atoms with E-state index in [9.17, 15) is 4.79 Å². The Hall–Kier alpha value is -1.66. The fourth-order valence-corrected chi connectivity index (χ4v) is 2.54. The summed E-state index contributed by atoms with van der Waals surface area (Å²) in [4.78, 5) is 20.5. The standard InChI is InChI=1S/C16H20BrN3O2/c1-19(2)7-8-20(3)15-10-14(16(21)22-4)18-13-6-5-11(17)9-12(13)15/h5-6,9-10H,7-8H2,1-4H3. The second-order valence-corrected chi connectivity index (χ2v) is 6.32. The summed E-state index contributed by atoms with van der Waals surface area (Å²) < 4.78 is 5.79. The molecule has 0 radical (unpaired) electrons. The van der Waals surface area contributed by atoms with E-state index >= 15 is 0 Å². The molecule has 0 fully saturated rings. The molecule has 0 unspecified atom stereocenters. The van der Waals surface area contributed by atoms with Gasteiger partial charge in [-0.25, -0.2) is 9.78 Å². The van der Waals surface area contributed by atoms with E-state index in [0.29, 0.717) is 5.69 Å². The Morgan fingerprint density at radius 3 is 2.59 bits per heavy atom. The highest BCUT2D eigenvalue weighted by Crippen LogP contribution is 2.29. The monoisotopic (exact) mass is 365 g/mol. The van der Waals surface area contributed by atoms with Crippen LogP contribution in [0.2, 0.25) is 0 Å². The molecule has 5 nitrogen and oxygen atoms in total. The number of benzene rings is 1. The number of pyridine rings is 1. The van der Waals surface area contributed by atoms with E-state index in [1.807, 2.05) is 39.3 Å². The lowest BCUT2D eigenvalue weighted by Crippen LogP contribution is -2.28. The van der Waals surface area contributed by atoms with E-state index in [1.54, 1.807) is 6.07 Å². The minimum Gasteiger partial charge on any atom is -0.464 e. The zero-order valence-electron chi connectivity index (χ0n) is 13.3. The van der Waals surface area contributed by atoms with E-state index in [0.717, 1.165) is 34.2 Å². The van der Waals surface area contributed by atoms with Gasteiger partial charge in [0.05, 0.1) is 12.6 Å². The molecule has 1 heterocycles. The number of hydrogen-bond acceptors (Lipinski definition) is 5. The number of carbonyl (C=O) groups is 1. The summed E-state index contributed by atoms with van der Waals surface area (Å²) in [5, 5.41) is 1.00. The van der Waals surface area contributed by atoms with Gasteiger partial charge in [-0.15, -0.1) is 0 Å². The lowest BCUT2D eigenvalue weighted by Gasteiger charge is -2.23. The lowest BCUT2D eigenvalue weighted by atomic mass is 10.1. The summed E-state index contributed by atoms with van der Waals surface area (Å²) in [7, 11) is 7.45. The highest BCUT2D eigenvalue weighted by molar-refractivity contribution is 9.10. The largest absolute Gasteiger partial charge is 0.464 e. The summed E-state index contributed by atoms with van der Waals surface area (Å²) in [6.07, 6.45) is 0. The molecule has 2 rings (SSSR count). The van der Waals surface area contributed by atoms with Crippen molar-refractivity contribution >= 4 is 38.5 Å². The third kappa shape index (κ3) is 3.75. The van der Waals surface area contributed by atoms with Crippen molar-refractivity contribution in [3.8, 4) is 0 Å². The number of rotatable bonds is 5. The highest BCUT2D eigenvalue weighted by Gasteiger charge is 2.15. The molecule has 1 aromatic heterocycles. The Balaban J connectivity index is 2.52. The van der Waals surface area contributed by atoms with Crippen molar-refractivity contribution in [2.45, 2.75) is 0 Å². The molecule has 22 heavy (non-hydrogen) atoms. The van der Waals surface area contributed by atoms with Gasteiger partial charge < -0.3 is 14.5 Å². The first-order valence-corrected chi connectivity index (χ1v) is 7.76.